The first-order valence-electron chi connectivity index (χ1n) is 8.68. The average Bonchev–Trinajstić information content (AvgIpc) is 2.49. The Morgan fingerprint density at radius 2 is 1.77 bits per heavy atom. The molecule has 4 nitrogen and oxygen atoms in total. The smallest absolute Gasteiger partial charge is 0.308 e. The van der Waals surface area contributed by atoms with Gasteiger partial charge < -0.3 is 14.2 Å². The molecule has 3 fully saturated rings. The van der Waals surface area contributed by atoms with Gasteiger partial charge in [-0.15, -0.1) is 0 Å². The first-order valence-corrected chi connectivity index (χ1v) is 8.68. The maximum atomic E-state index is 12.1. The molecule has 0 bridgehead atoms. The summed E-state index contributed by atoms with van der Waals surface area (Å²) in [5.74, 6) is 0.00117. The Kier molecular flexibility index (Phi) is 4.05. The summed E-state index contributed by atoms with van der Waals surface area (Å²) in [6.45, 7) is 8.11. The quantitative estimate of drug-likeness (QED) is 0.695. The monoisotopic (exact) mass is 310 g/mol. The molecule has 0 aromatic heterocycles. The molecule has 22 heavy (non-hydrogen) atoms. The van der Waals surface area contributed by atoms with Crippen LogP contribution >= 0.6 is 0 Å². The van der Waals surface area contributed by atoms with E-state index in [0.29, 0.717) is 5.92 Å². The highest BCUT2D eigenvalue weighted by atomic mass is 16.7. The largest absolute Gasteiger partial charge is 0.469 e. The van der Waals surface area contributed by atoms with Crippen molar-refractivity contribution in [2.75, 3.05) is 20.3 Å². The van der Waals surface area contributed by atoms with Crippen LogP contribution < -0.4 is 0 Å². The summed E-state index contributed by atoms with van der Waals surface area (Å²) in [5.41, 5.74) is -0.0101. The second-order valence-electron chi connectivity index (χ2n) is 8.50. The van der Waals surface area contributed by atoms with Crippen LogP contribution in [-0.4, -0.2) is 32.1 Å². The van der Waals surface area contributed by atoms with Gasteiger partial charge in [-0.1, -0.05) is 20.8 Å². The Hall–Kier alpha value is -0.610. The summed E-state index contributed by atoms with van der Waals surface area (Å²) >= 11 is 0. The van der Waals surface area contributed by atoms with Crippen molar-refractivity contribution in [2.24, 2.45) is 22.7 Å². The lowest BCUT2D eigenvalue weighted by atomic mass is 9.54. The van der Waals surface area contributed by atoms with Crippen LogP contribution in [0.5, 0.6) is 0 Å². The van der Waals surface area contributed by atoms with E-state index in [1.807, 2.05) is 0 Å². The third-order valence-electron chi connectivity index (χ3n) is 6.29. The SMILES string of the molecule is COC(=O)[C@@H]1CC[C@H]2CCCC3(OCC(C)(C)CO3)[C@@]2(C)C1. The Morgan fingerprint density at radius 1 is 1.09 bits per heavy atom. The van der Waals surface area contributed by atoms with E-state index in [-0.39, 0.29) is 22.7 Å². The molecule has 126 valence electrons. The predicted octanol–water partition coefficient (Wildman–Crippen LogP) is 3.54. The molecule has 0 radical (unpaired) electrons. The zero-order valence-electron chi connectivity index (χ0n) is 14.4. The molecule has 1 aliphatic heterocycles. The van der Waals surface area contributed by atoms with Gasteiger partial charge in [0.1, 0.15) is 0 Å². The molecule has 2 aliphatic carbocycles. The van der Waals surface area contributed by atoms with Gasteiger partial charge in [-0.2, -0.15) is 0 Å². The van der Waals surface area contributed by atoms with Crippen molar-refractivity contribution in [2.45, 2.75) is 65.1 Å². The number of esters is 1. The number of methoxy groups -OCH3 is 1. The van der Waals surface area contributed by atoms with Gasteiger partial charge in [0.2, 0.25) is 0 Å². The first-order chi connectivity index (χ1) is 10.3. The number of hydrogen-bond donors (Lipinski definition) is 0. The van der Waals surface area contributed by atoms with Crippen LogP contribution in [0.15, 0.2) is 0 Å². The standard InChI is InChI=1S/C18H30O4/c1-16(2)11-21-18(22-12-16)9-5-6-14-8-7-13(15(19)20-4)10-17(14,18)3/h13-14H,5-12H2,1-4H3/t13-,14-,17+/m1/s1. The van der Waals surface area contributed by atoms with Gasteiger partial charge in [0.05, 0.1) is 26.2 Å². The predicted molar refractivity (Wildman–Crippen MR) is 83.2 cm³/mol. The van der Waals surface area contributed by atoms with Crippen LogP contribution in [0.1, 0.15) is 59.3 Å². The number of fused-ring (bicyclic) bond motifs is 2. The third kappa shape index (κ3) is 2.48. The van der Waals surface area contributed by atoms with Crippen molar-refractivity contribution in [3.8, 4) is 0 Å². The van der Waals surface area contributed by atoms with Gasteiger partial charge in [-0.05, 0) is 38.0 Å². The molecule has 3 aliphatic rings. The molecule has 1 heterocycles. The fourth-order valence-corrected chi connectivity index (χ4v) is 4.85. The van der Waals surface area contributed by atoms with E-state index < -0.39 is 5.79 Å². The minimum absolute atomic E-state index is 0.0108. The molecule has 0 aromatic rings. The lowest BCUT2D eigenvalue weighted by molar-refractivity contribution is -0.372. The van der Waals surface area contributed by atoms with Gasteiger partial charge in [-0.25, -0.2) is 0 Å². The topological polar surface area (TPSA) is 44.8 Å². The molecule has 3 rings (SSSR count). The maximum Gasteiger partial charge on any atom is 0.308 e. The Bertz CT molecular complexity index is 434. The Morgan fingerprint density at radius 3 is 2.41 bits per heavy atom. The van der Waals surface area contributed by atoms with Crippen molar-refractivity contribution >= 4 is 5.97 Å². The molecule has 2 saturated carbocycles. The van der Waals surface area contributed by atoms with E-state index in [1.54, 1.807) is 0 Å². The molecule has 0 amide bonds. The molecular formula is C18H30O4. The highest BCUT2D eigenvalue weighted by molar-refractivity contribution is 5.72. The Balaban J connectivity index is 1.86. The van der Waals surface area contributed by atoms with Crippen molar-refractivity contribution in [3.63, 3.8) is 0 Å². The fourth-order valence-electron chi connectivity index (χ4n) is 4.85. The van der Waals surface area contributed by atoms with Crippen molar-refractivity contribution < 1.29 is 19.0 Å². The number of carbonyl (C=O) groups excluding carboxylic acids is 1. The summed E-state index contributed by atoms with van der Waals surface area (Å²) in [6.07, 6.45) is 6.17. The van der Waals surface area contributed by atoms with Gasteiger partial charge in [0, 0.05) is 17.3 Å². The summed E-state index contributed by atoms with van der Waals surface area (Å²) in [7, 11) is 1.49. The van der Waals surface area contributed by atoms with E-state index >= 15 is 0 Å². The molecular weight excluding hydrogens is 280 g/mol. The summed E-state index contributed by atoms with van der Waals surface area (Å²) < 4.78 is 17.8. The highest BCUT2D eigenvalue weighted by Crippen LogP contribution is 2.60. The number of hydrogen-bond acceptors (Lipinski definition) is 4. The normalized spacial score (nSPS) is 40.0. The molecule has 3 atom stereocenters. The van der Waals surface area contributed by atoms with Gasteiger partial charge in [0.15, 0.2) is 5.79 Å². The van der Waals surface area contributed by atoms with Crippen LogP contribution in [0.4, 0.5) is 0 Å². The molecule has 1 spiro atoms. The number of ether oxygens (including phenoxy) is 3. The van der Waals surface area contributed by atoms with E-state index in [4.69, 9.17) is 14.2 Å². The third-order valence-corrected chi connectivity index (χ3v) is 6.29. The minimum atomic E-state index is -0.502. The molecule has 4 heteroatoms. The highest BCUT2D eigenvalue weighted by Gasteiger charge is 2.61. The zero-order chi connectivity index (χ0) is 16.0. The Labute approximate surface area is 133 Å². The van der Waals surface area contributed by atoms with Crippen LogP contribution in [0.3, 0.4) is 0 Å². The van der Waals surface area contributed by atoms with Crippen molar-refractivity contribution in [3.05, 3.63) is 0 Å². The van der Waals surface area contributed by atoms with E-state index in [2.05, 4.69) is 20.8 Å². The lowest BCUT2D eigenvalue weighted by Crippen LogP contribution is -2.63. The molecule has 0 N–H and O–H groups in total. The van der Waals surface area contributed by atoms with E-state index in [0.717, 1.165) is 45.3 Å². The van der Waals surface area contributed by atoms with E-state index in [9.17, 15) is 4.79 Å². The van der Waals surface area contributed by atoms with Crippen molar-refractivity contribution in [1.82, 2.24) is 0 Å². The van der Waals surface area contributed by atoms with Crippen LogP contribution in [-0.2, 0) is 19.0 Å². The van der Waals surface area contributed by atoms with Crippen LogP contribution in [0.25, 0.3) is 0 Å². The van der Waals surface area contributed by atoms with Crippen molar-refractivity contribution in [1.29, 1.82) is 0 Å². The fraction of sp³-hybridized carbons (Fsp3) is 0.944. The zero-order valence-corrected chi connectivity index (χ0v) is 14.4. The first kappa shape index (κ1) is 16.3. The molecule has 0 unspecified atom stereocenters. The summed E-state index contributed by atoms with van der Waals surface area (Å²) in [6, 6.07) is 0. The number of rotatable bonds is 1. The van der Waals surface area contributed by atoms with Crippen LogP contribution in [0, 0.1) is 22.7 Å². The van der Waals surface area contributed by atoms with Gasteiger partial charge in [0.25, 0.3) is 0 Å². The summed E-state index contributed by atoms with van der Waals surface area (Å²) in [5, 5.41) is 0. The van der Waals surface area contributed by atoms with E-state index in [1.165, 1.54) is 13.5 Å². The summed E-state index contributed by atoms with van der Waals surface area (Å²) in [4.78, 5) is 12.1. The average molecular weight is 310 g/mol. The molecule has 1 saturated heterocycles. The van der Waals surface area contributed by atoms with Gasteiger partial charge >= 0.3 is 5.97 Å². The molecule has 0 aromatic carbocycles. The maximum absolute atomic E-state index is 12.1. The minimum Gasteiger partial charge on any atom is -0.469 e. The van der Waals surface area contributed by atoms with Gasteiger partial charge in [-0.3, -0.25) is 4.79 Å². The number of carbonyl (C=O) groups is 1. The van der Waals surface area contributed by atoms with Crippen LogP contribution in [0.2, 0.25) is 0 Å². The second-order valence-corrected chi connectivity index (χ2v) is 8.50. The second kappa shape index (κ2) is 5.48. The lowest BCUT2D eigenvalue weighted by Gasteiger charge is -2.60.